The molecule has 0 bridgehead atoms. The van der Waals surface area contributed by atoms with Crippen LogP contribution in [-0.2, 0) is 0 Å². The molecular weight excluding hydrogens is 180 g/mol. The lowest BCUT2D eigenvalue weighted by atomic mass is 9.48. The van der Waals surface area contributed by atoms with Crippen molar-refractivity contribution in [2.24, 2.45) is 35.0 Å². The van der Waals surface area contributed by atoms with Crippen molar-refractivity contribution in [3.8, 4) is 0 Å². The Morgan fingerprint density at radius 1 is 1.40 bits per heavy atom. The molecule has 3 aliphatic carbocycles. The van der Waals surface area contributed by atoms with Gasteiger partial charge in [0, 0.05) is 0 Å². The standard InChI is InChI=1S/C15H24/c1-9(2)12-5-6-15(4)10(3)7-11-8-13(12)14(11)15/h9,11-14H,3,5-8H2,1-2,4H3/t11?,12-,13?,14?,15+/m0/s1. The molecule has 3 saturated carbocycles. The zero-order chi connectivity index (χ0) is 10.8. The quantitative estimate of drug-likeness (QED) is 0.559. The molecule has 0 saturated heterocycles. The molecule has 0 aromatic rings. The average Bonchev–Trinajstić information content (AvgIpc) is 2.34. The third-order valence-corrected chi connectivity index (χ3v) is 6.00. The van der Waals surface area contributed by atoms with Crippen LogP contribution in [0.5, 0.6) is 0 Å². The number of hydrogen-bond donors (Lipinski definition) is 0. The Morgan fingerprint density at radius 2 is 2.13 bits per heavy atom. The zero-order valence-corrected chi connectivity index (χ0v) is 10.4. The first-order valence-corrected chi connectivity index (χ1v) is 6.72. The normalized spacial score (nSPS) is 52.9. The summed E-state index contributed by atoms with van der Waals surface area (Å²) in [6, 6.07) is 0. The van der Waals surface area contributed by atoms with Crippen molar-refractivity contribution < 1.29 is 0 Å². The van der Waals surface area contributed by atoms with Gasteiger partial charge in [-0.2, -0.15) is 0 Å². The second kappa shape index (κ2) is 2.90. The molecule has 3 rings (SSSR count). The first-order chi connectivity index (χ1) is 7.04. The molecule has 0 aromatic heterocycles. The maximum Gasteiger partial charge on any atom is -0.00851 e. The molecule has 0 amide bonds. The molecule has 0 aromatic carbocycles. The topological polar surface area (TPSA) is 0 Å². The van der Waals surface area contributed by atoms with Crippen molar-refractivity contribution in [1.82, 2.24) is 0 Å². The van der Waals surface area contributed by atoms with E-state index < -0.39 is 0 Å². The molecule has 0 radical (unpaired) electrons. The summed E-state index contributed by atoms with van der Waals surface area (Å²) in [7, 11) is 0. The van der Waals surface area contributed by atoms with Gasteiger partial charge in [-0.1, -0.05) is 32.9 Å². The van der Waals surface area contributed by atoms with Crippen LogP contribution < -0.4 is 0 Å². The monoisotopic (exact) mass is 204 g/mol. The third kappa shape index (κ3) is 1.09. The van der Waals surface area contributed by atoms with E-state index in [9.17, 15) is 0 Å². The van der Waals surface area contributed by atoms with E-state index >= 15 is 0 Å². The van der Waals surface area contributed by atoms with Crippen molar-refractivity contribution in [1.29, 1.82) is 0 Å². The molecule has 3 aliphatic rings. The molecule has 0 nitrogen and oxygen atoms in total. The summed E-state index contributed by atoms with van der Waals surface area (Å²) in [5, 5.41) is 0. The Balaban J connectivity index is 1.89. The Morgan fingerprint density at radius 3 is 2.80 bits per heavy atom. The highest BCUT2D eigenvalue weighted by molar-refractivity contribution is 5.26. The zero-order valence-electron chi connectivity index (χ0n) is 10.4. The molecule has 0 aliphatic heterocycles. The maximum absolute atomic E-state index is 4.36. The minimum atomic E-state index is 0.541. The van der Waals surface area contributed by atoms with Crippen LogP contribution in [0.2, 0.25) is 0 Å². The van der Waals surface area contributed by atoms with Crippen LogP contribution in [0, 0.1) is 35.0 Å². The molecule has 0 heterocycles. The van der Waals surface area contributed by atoms with E-state index in [1.54, 1.807) is 5.57 Å². The summed E-state index contributed by atoms with van der Waals surface area (Å²) in [6.45, 7) is 11.7. The van der Waals surface area contributed by atoms with Gasteiger partial charge in [0.25, 0.3) is 0 Å². The lowest BCUT2D eigenvalue weighted by Gasteiger charge is -2.56. The fourth-order valence-corrected chi connectivity index (χ4v) is 5.08. The van der Waals surface area contributed by atoms with Crippen LogP contribution in [0.3, 0.4) is 0 Å². The Labute approximate surface area is 94.1 Å². The number of rotatable bonds is 1. The lowest BCUT2D eigenvalue weighted by molar-refractivity contribution is -0.0707. The van der Waals surface area contributed by atoms with Gasteiger partial charge in [0.2, 0.25) is 0 Å². The van der Waals surface area contributed by atoms with Crippen molar-refractivity contribution in [3.63, 3.8) is 0 Å². The lowest BCUT2D eigenvalue weighted by Crippen LogP contribution is -2.50. The van der Waals surface area contributed by atoms with Crippen LogP contribution >= 0.6 is 0 Å². The highest BCUT2D eigenvalue weighted by Gasteiger charge is 2.61. The molecule has 15 heavy (non-hydrogen) atoms. The van der Waals surface area contributed by atoms with Crippen molar-refractivity contribution in [2.75, 3.05) is 0 Å². The predicted octanol–water partition coefficient (Wildman–Crippen LogP) is 4.27. The van der Waals surface area contributed by atoms with E-state index in [-0.39, 0.29) is 0 Å². The van der Waals surface area contributed by atoms with Gasteiger partial charge in [-0.15, -0.1) is 0 Å². The van der Waals surface area contributed by atoms with Crippen molar-refractivity contribution in [3.05, 3.63) is 12.2 Å². The fraction of sp³-hybridized carbons (Fsp3) is 0.867. The smallest absolute Gasteiger partial charge is 0.00851 e. The minimum Gasteiger partial charge on any atom is -0.0993 e. The summed E-state index contributed by atoms with van der Waals surface area (Å²) in [4.78, 5) is 0. The van der Waals surface area contributed by atoms with Crippen molar-refractivity contribution in [2.45, 2.75) is 46.5 Å². The molecule has 3 unspecified atom stereocenters. The Bertz CT molecular complexity index is 301. The summed E-state index contributed by atoms with van der Waals surface area (Å²) in [6.07, 6.45) is 5.75. The van der Waals surface area contributed by atoms with E-state index in [1.165, 1.54) is 25.7 Å². The van der Waals surface area contributed by atoms with Gasteiger partial charge in [0.05, 0.1) is 0 Å². The molecule has 0 N–H and O–H groups in total. The minimum absolute atomic E-state index is 0.541. The average molecular weight is 204 g/mol. The second-order valence-corrected chi connectivity index (χ2v) is 6.86. The molecule has 84 valence electrons. The van der Waals surface area contributed by atoms with Crippen LogP contribution in [0.25, 0.3) is 0 Å². The van der Waals surface area contributed by atoms with Gasteiger partial charge in [0.1, 0.15) is 0 Å². The van der Waals surface area contributed by atoms with Gasteiger partial charge >= 0.3 is 0 Å². The highest BCUT2D eigenvalue weighted by Crippen LogP contribution is 2.69. The molecule has 3 fully saturated rings. The van der Waals surface area contributed by atoms with E-state index in [4.69, 9.17) is 0 Å². The van der Waals surface area contributed by atoms with E-state index in [2.05, 4.69) is 27.4 Å². The van der Waals surface area contributed by atoms with Gasteiger partial charge < -0.3 is 0 Å². The van der Waals surface area contributed by atoms with Crippen LogP contribution in [-0.4, -0.2) is 0 Å². The molecule has 0 heteroatoms. The molecule has 0 spiro atoms. The van der Waals surface area contributed by atoms with Crippen molar-refractivity contribution >= 4 is 0 Å². The first-order valence-electron chi connectivity index (χ1n) is 6.72. The molecular formula is C15H24. The van der Waals surface area contributed by atoms with Gasteiger partial charge in [-0.05, 0) is 60.7 Å². The van der Waals surface area contributed by atoms with Gasteiger partial charge in [0.15, 0.2) is 0 Å². The second-order valence-electron chi connectivity index (χ2n) is 6.86. The van der Waals surface area contributed by atoms with Gasteiger partial charge in [-0.3, -0.25) is 0 Å². The van der Waals surface area contributed by atoms with Crippen LogP contribution in [0.4, 0.5) is 0 Å². The Kier molecular flexibility index (Phi) is 1.92. The van der Waals surface area contributed by atoms with E-state index in [0.29, 0.717) is 5.41 Å². The van der Waals surface area contributed by atoms with E-state index in [0.717, 1.165) is 29.6 Å². The van der Waals surface area contributed by atoms with Crippen LogP contribution in [0.15, 0.2) is 12.2 Å². The summed E-state index contributed by atoms with van der Waals surface area (Å²) >= 11 is 0. The molecule has 5 atom stereocenters. The maximum atomic E-state index is 4.36. The summed E-state index contributed by atoms with van der Waals surface area (Å²) < 4.78 is 0. The third-order valence-electron chi connectivity index (χ3n) is 6.00. The van der Waals surface area contributed by atoms with Gasteiger partial charge in [-0.25, -0.2) is 0 Å². The van der Waals surface area contributed by atoms with E-state index in [1.807, 2.05) is 0 Å². The fourth-order valence-electron chi connectivity index (χ4n) is 5.08. The number of hydrogen-bond acceptors (Lipinski definition) is 0. The predicted molar refractivity (Wildman–Crippen MR) is 64.5 cm³/mol. The summed E-state index contributed by atoms with van der Waals surface area (Å²) in [5.74, 6) is 5.01. The Hall–Kier alpha value is -0.260. The van der Waals surface area contributed by atoms with Crippen LogP contribution in [0.1, 0.15) is 46.5 Å². The number of allylic oxidation sites excluding steroid dienone is 1. The summed E-state index contributed by atoms with van der Waals surface area (Å²) in [5.41, 5.74) is 2.13. The first kappa shape index (κ1) is 9.93. The largest absolute Gasteiger partial charge is 0.0993 e. The highest BCUT2D eigenvalue weighted by atomic mass is 14.7. The SMILES string of the molecule is C=C1CC2CC3C2[C@]1(C)CC[C@H]3C(C)C.